The monoisotopic (exact) mass is 306 g/mol. The molecule has 2 rings (SSSR count). The number of carbonyl (C=O) groups is 1. The van der Waals surface area contributed by atoms with Gasteiger partial charge in [-0.3, -0.25) is 4.79 Å². The van der Waals surface area contributed by atoms with E-state index in [0.717, 1.165) is 23.3 Å². The van der Waals surface area contributed by atoms with Crippen molar-refractivity contribution < 1.29 is 14.6 Å². The minimum Gasteiger partial charge on any atom is -0.493 e. The van der Waals surface area contributed by atoms with Gasteiger partial charge in [-0.05, 0) is 30.9 Å². The lowest BCUT2D eigenvalue weighted by Gasteiger charge is -2.11. The van der Waals surface area contributed by atoms with Gasteiger partial charge in [-0.15, -0.1) is 11.3 Å². The summed E-state index contributed by atoms with van der Waals surface area (Å²) >= 11 is 1.11. The molecule has 0 bridgehead atoms. The molecule has 4 nitrogen and oxygen atoms in total. The zero-order valence-corrected chi connectivity index (χ0v) is 13.1. The maximum atomic E-state index is 12.2. The van der Waals surface area contributed by atoms with Crippen LogP contribution in [0.1, 0.15) is 35.5 Å². The Hall–Kier alpha value is -1.88. The van der Waals surface area contributed by atoms with Gasteiger partial charge in [0.2, 0.25) is 0 Å². The first-order chi connectivity index (χ1) is 9.90. The molecule has 1 aromatic carbocycles. The largest absolute Gasteiger partial charge is 0.493 e. The number of carboxylic acid groups (broad SMARTS) is 1. The molecule has 0 fully saturated rings. The highest BCUT2D eigenvalue weighted by Crippen LogP contribution is 2.30. The van der Waals surface area contributed by atoms with E-state index in [9.17, 15) is 9.59 Å². The Morgan fingerprint density at radius 3 is 2.71 bits per heavy atom. The Morgan fingerprint density at radius 1 is 1.38 bits per heavy atom. The van der Waals surface area contributed by atoms with E-state index in [0.29, 0.717) is 28.4 Å². The minimum absolute atomic E-state index is 0.0509. The van der Waals surface area contributed by atoms with Crippen molar-refractivity contribution >= 4 is 27.4 Å². The van der Waals surface area contributed by atoms with E-state index in [1.807, 2.05) is 13.0 Å². The van der Waals surface area contributed by atoms with Crippen LogP contribution in [-0.4, -0.2) is 17.7 Å². The lowest BCUT2D eigenvalue weighted by molar-refractivity contribution is 0.0702. The molecular formula is C16H18O4S. The highest BCUT2D eigenvalue weighted by Gasteiger charge is 2.14. The molecule has 0 saturated heterocycles. The number of benzene rings is 1. The van der Waals surface area contributed by atoms with Crippen LogP contribution in [-0.2, 0) is 0 Å². The van der Waals surface area contributed by atoms with Crippen molar-refractivity contribution in [2.45, 2.75) is 27.2 Å². The second kappa shape index (κ2) is 6.26. The standard InChI is InChI=1S/C16H18O4S/c1-9(2)6-7-20-12-5-4-10(3)15-14(12)11(17)8-13(21-15)16(18)19/h4-5,8-9H,6-7H2,1-3H3,(H,18,19). The van der Waals surface area contributed by atoms with Crippen LogP contribution < -0.4 is 10.2 Å². The van der Waals surface area contributed by atoms with Gasteiger partial charge >= 0.3 is 5.97 Å². The summed E-state index contributed by atoms with van der Waals surface area (Å²) in [5.41, 5.74) is 0.579. The number of aryl methyl sites for hydroxylation is 1. The maximum Gasteiger partial charge on any atom is 0.346 e. The predicted octanol–water partition coefficient (Wildman–Crippen LogP) is 3.69. The van der Waals surface area contributed by atoms with Gasteiger partial charge < -0.3 is 9.84 Å². The summed E-state index contributed by atoms with van der Waals surface area (Å²) in [5.74, 6) is -0.0196. The van der Waals surface area contributed by atoms with Crippen molar-refractivity contribution in [1.29, 1.82) is 0 Å². The smallest absolute Gasteiger partial charge is 0.346 e. The molecular weight excluding hydrogens is 288 g/mol. The third-order valence-electron chi connectivity index (χ3n) is 3.20. The lowest BCUT2D eigenvalue weighted by atomic mass is 10.1. The fourth-order valence-corrected chi connectivity index (χ4v) is 3.00. The molecule has 0 aliphatic rings. The fourth-order valence-electron chi connectivity index (χ4n) is 1.99. The Morgan fingerprint density at radius 2 is 2.10 bits per heavy atom. The fraction of sp³-hybridized carbons (Fsp3) is 0.375. The average molecular weight is 306 g/mol. The molecule has 0 radical (unpaired) electrons. The van der Waals surface area contributed by atoms with Crippen LogP contribution >= 0.6 is 11.3 Å². The van der Waals surface area contributed by atoms with Crippen LogP contribution in [0.2, 0.25) is 0 Å². The van der Waals surface area contributed by atoms with Gasteiger partial charge in [-0.1, -0.05) is 19.9 Å². The summed E-state index contributed by atoms with van der Waals surface area (Å²) in [6.07, 6.45) is 0.903. The van der Waals surface area contributed by atoms with Crippen LogP contribution in [0.15, 0.2) is 23.0 Å². The number of carboxylic acids is 1. The summed E-state index contributed by atoms with van der Waals surface area (Å²) in [5, 5.41) is 9.55. The van der Waals surface area contributed by atoms with Crippen molar-refractivity contribution in [3.63, 3.8) is 0 Å². The molecule has 0 amide bonds. The Balaban J connectivity index is 2.51. The summed E-state index contributed by atoms with van der Waals surface area (Å²) < 4.78 is 6.41. The number of fused-ring (bicyclic) bond motifs is 1. The van der Waals surface area contributed by atoms with E-state index in [1.54, 1.807) is 6.07 Å². The molecule has 1 N–H and O–H groups in total. The van der Waals surface area contributed by atoms with Gasteiger partial charge in [0.15, 0.2) is 5.43 Å². The molecule has 0 spiro atoms. The summed E-state index contributed by atoms with van der Waals surface area (Å²) in [4.78, 5) is 23.4. The summed E-state index contributed by atoms with van der Waals surface area (Å²) in [6, 6.07) is 4.81. The number of hydrogen-bond acceptors (Lipinski definition) is 4. The average Bonchev–Trinajstić information content (AvgIpc) is 2.40. The summed E-state index contributed by atoms with van der Waals surface area (Å²) in [7, 11) is 0. The molecule has 0 unspecified atom stereocenters. The number of hydrogen-bond donors (Lipinski definition) is 1. The topological polar surface area (TPSA) is 63.6 Å². The lowest BCUT2D eigenvalue weighted by Crippen LogP contribution is -2.08. The molecule has 1 heterocycles. The number of aromatic carboxylic acids is 1. The van der Waals surface area contributed by atoms with Crippen molar-refractivity contribution in [1.82, 2.24) is 0 Å². The van der Waals surface area contributed by atoms with E-state index in [2.05, 4.69) is 13.8 Å². The molecule has 2 aromatic rings. The molecule has 0 atom stereocenters. The zero-order valence-electron chi connectivity index (χ0n) is 12.3. The zero-order chi connectivity index (χ0) is 15.6. The molecule has 0 aliphatic carbocycles. The van der Waals surface area contributed by atoms with Crippen LogP contribution in [0, 0.1) is 12.8 Å². The van der Waals surface area contributed by atoms with Crippen molar-refractivity contribution in [2.24, 2.45) is 5.92 Å². The van der Waals surface area contributed by atoms with Crippen molar-refractivity contribution in [3.05, 3.63) is 38.9 Å². The molecule has 1 aromatic heterocycles. The van der Waals surface area contributed by atoms with Gasteiger partial charge in [-0.25, -0.2) is 4.79 Å². The predicted molar refractivity (Wildman–Crippen MR) is 84.7 cm³/mol. The van der Waals surface area contributed by atoms with Gasteiger partial charge in [0, 0.05) is 10.8 Å². The third-order valence-corrected chi connectivity index (χ3v) is 4.44. The first-order valence-corrected chi connectivity index (χ1v) is 7.65. The van der Waals surface area contributed by atoms with Crippen LogP contribution in [0.25, 0.3) is 10.1 Å². The molecule has 112 valence electrons. The summed E-state index contributed by atoms with van der Waals surface area (Å²) in [6.45, 7) is 6.62. The Bertz CT molecular complexity index is 731. The second-order valence-electron chi connectivity index (χ2n) is 5.40. The van der Waals surface area contributed by atoms with E-state index >= 15 is 0 Å². The maximum absolute atomic E-state index is 12.2. The van der Waals surface area contributed by atoms with Gasteiger partial charge in [0.25, 0.3) is 0 Å². The van der Waals surface area contributed by atoms with Crippen LogP contribution in [0.3, 0.4) is 0 Å². The van der Waals surface area contributed by atoms with Gasteiger partial charge in [-0.2, -0.15) is 0 Å². The Kier molecular flexibility index (Phi) is 4.63. The number of rotatable bonds is 5. The first kappa shape index (κ1) is 15.5. The normalized spacial score (nSPS) is 11.0. The second-order valence-corrected chi connectivity index (χ2v) is 6.45. The van der Waals surface area contributed by atoms with Gasteiger partial charge in [0.05, 0.1) is 12.0 Å². The van der Waals surface area contributed by atoms with Gasteiger partial charge in [0.1, 0.15) is 10.6 Å². The first-order valence-electron chi connectivity index (χ1n) is 6.83. The third kappa shape index (κ3) is 3.42. The highest BCUT2D eigenvalue weighted by molar-refractivity contribution is 7.20. The number of ether oxygens (including phenoxy) is 1. The van der Waals surface area contributed by atoms with E-state index in [4.69, 9.17) is 9.84 Å². The Labute approximate surface area is 127 Å². The van der Waals surface area contributed by atoms with E-state index < -0.39 is 5.97 Å². The minimum atomic E-state index is -1.08. The van der Waals surface area contributed by atoms with Crippen LogP contribution in [0.4, 0.5) is 0 Å². The van der Waals surface area contributed by atoms with E-state index in [-0.39, 0.29) is 10.3 Å². The molecule has 0 saturated carbocycles. The highest BCUT2D eigenvalue weighted by atomic mass is 32.1. The molecule has 0 aliphatic heterocycles. The van der Waals surface area contributed by atoms with Crippen molar-refractivity contribution in [3.8, 4) is 5.75 Å². The molecule has 21 heavy (non-hydrogen) atoms. The van der Waals surface area contributed by atoms with Crippen molar-refractivity contribution in [2.75, 3.05) is 6.61 Å². The molecule has 5 heteroatoms. The quantitative estimate of drug-likeness (QED) is 0.915. The van der Waals surface area contributed by atoms with E-state index in [1.165, 1.54) is 6.07 Å². The SMILES string of the molecule is Cc1ccc(OCCC(C)C)c2c(=O)cc(C(=O)O)sc12. The van der Waals surface area contributed by atoms with Crippen LogP contribution in [0.5, 0.6) is 5.75 Å².